The van der Waals surface area contributed by atoms with Crippen molar-refractivity contribution < 1.29 is 19.7 Å². The van der Waals surface area contributed by atoms with Gasteiger partial charge in [0, 0.05) is 11.1 Å². The number of aromatic hydroxyl groups is 2. The lowest BCUT2D eigenvalue weighted by Gasteiger charge is -2.35. The molecule has 1 aliphatic rings. The first-order valence-corrected chi connectivity index (χ1v) is 10.1. The van der Waals surface area contributed by atoms with Crippen LogP contribution in [0.5, 0.6) is 23.0 Å². The quantitative estimate of drug-likeness (QED) is 0.412. The van der Waals surface area contributed by atoms with Crippen molar-refractivity contribution in [3.05, 3.63) is 107 Å². The van der Waals surface area contributed by atoms with Gasteiger partial charge in [0.1, 0.15) is 0 Å². The van der Waals surface area contributed by atoms with Gasteiger partial charge in [-0.2, -0.15) is 0 Å². The first kappa shape index (κ1) is 19.1. The second-order valence-electron chi connectivity index (χ2n) is 7.55. The van der Waals surface area contributed by atoms with Crippen molar-refractivity contribution in [2.75, 3.05) is 14.2 Å². The van der Waals surface area contributed by atoms with Gasteiger partial charge in [-0.3, -0.25) is 0 Å². The van der Waals surface area contributed by atoms with Gasteiger partial charge in [0.05, 0.1) is 19.6 Å². The molecule has 0 fully saturated rings. The van der Waals surface area contributed by atoms with E-state index in [1.54, 1.807) is 12.1 Å². The molecule has 0 aliphatic heterocycles. The van der Waals surface area contributed by atoms with Crippen molar-refractivity contribution in [1.29, 1.82) is 0 Å². The molecule has 0 saturated carbocycles. The van der Waals surface area contributed by atoms with Crippen molar-refractivity contribution in [2.45, 2.75) is 5.41 Å². The second kappa shape index (κ2) is 7.10. The standard InChI is InChI=1S/C27H22O4/c1-30-23-15-7-13-21(25(23)28)27(22-14-8-16-24(31-2)26(22)29)19-11-5-3-9-17(19)18-10-4-6-12-20(18)27/h3-16,28-29H,1-2H3. The number of rotatable bonds is 4. The minimum atomic E-state index is -0.954. The summed E-state index contributed by atoms with van der Waals surface area (Å²) in [4.78, 5) is 0. The van der Waals surface area contributed by atoms with Gasteiger partial charge in [-0.1, -0.05) is 72.8 Å². The lowest BCUT2D eigenvalue weighted by molar-refractivity contribution is 0.362. The van der Waals surface area contributed by atoms with Crippen LogP contribution in [0.15, 0.2) is 84.9 Å². The van der Waals surface area contributed by atoms with Crippen LogP contribution in [0.25, 0.3) is 11.1 Å². The summed E-state index contributed by atoms with van der Waals surface area (Å²) < 4.78 is 10.9. The molecule has 4 nitrogen and oxygen atoms in total. The average Bonchev–Trinajstić information content (AvgIpc) is 3.11. The van der Waals surface area contributed by atoms with E-state index < -0.39 is 5.41 Å². The van der Waals surface area contributed by atoms with Crippen LogP contribution in [0.3, 0.4) is 0 Å². The molecule has 2 N–H and O–H groups in total. The number of benzene rings is 4. The minimum Gasteiger partial charge on any atom is -0.504 e. The maximum absolute atomic E-state index is 11.3. The van der Waals surface area contributed by atoms with Crippen LogP contribution in [-0.4, -0.2) is 24.4 Å². The molecular weight excluding hydrogens is 388 g/mol. The Morgan fingerprint density at radius 2 is 0.903 bits per heavy atom. The van der Waals surface area contributed by atoms with Crippen LogP contribution in [0.2, 0.25) is 0 Å². The maximum Gasteiger partial charge on any atom is 0.162 e. The summed E-state index contributed by atoms with van der Waals surface area (Å²) in [7, 11) is 3.07. The number of para-hydroxylation sites is 2. The molecule has 4 heteroatoms. The smallest absolute Gasteiger partial charge is 0.162 e. The number of ether oxygens (including phenoxy) is 2. The van der Waals surface area contributed by atoms with E-state index >= 15 is 0 Å². The van der Waals surface area contributed by atoms with Crippen molar-refractivity contribution in [2.24, 2.45) is 0 Å². The van der Waals surface area contributed by atoms with Crippen LogP contribution in [0, 0.1) is 0 Å². The number of phenolic OH excluding ortho intramolecular Hbond substituents is 2. The summed E-state index contributed by atoms with van der Waals surface area (Å²) in [5.41, 5.74) is 4.38. The first-order valence-electron chi connectivity index (χ1n) is 10.1. The van der Waals surface area contributed by atoms with Gasteiger partial charge in [-0.15, -0.1) is 0 Å². The fourth-order valence-corrected chi connectivity index (χ4v) is 4.94. The Bertz CT molecular complexity index is 1190. The highest BCUT2D eigenvalue weighted by Crippen LogP contribution is 2.60. The predicted octanol–water partition coefficient (Wildman–Crippen LogP) is 5.48. The Hall–Kier alpha value is -3.92. The zero-order valence-corrected chi connectivity index (χ0v) is 17.3. The van der Waals surface area contributed by atoms with Gasteiger partial charge >= 0.3 is 0 Å². The van der Waals surface area contributed by atoms with Crippen molar-refractivity contribution in [1.82, 2.24) is 0 Å². The summed E-state index contributed by atoms with van der Waals surface area (Å²) in [6.45, 7) is 0. The summed E-state index contributed by atoms with van der Waals surface area (Å²) in [5.74, 6) is 0.833. The zero-order chi connectivity index (χ0) is 21.6. The molecule has 1 aliphatic carbocycles. The molecule has 0 atom stereocenters. The van der Waals surface area contributed by atoms with Gasteiger partial charge < -0.3 is 19.7 Å². The lowest BCUT2D eigenvalue weighted by Crippen LogP contribution is -2.29. The van der Waals surface area contributed by atoms with Crippen molar-refractivity contribution in [3.8, 4) is 34.1 Å². The molecule has 0 heterocycles. The fourth-order valence-electron chi connectivity index (χ4n) is 4.94. The maximum atomic E-state index is 11.3. The van der Waals surface area contributed by atoms with Crippen LogP contribution in [0.4, 0.5) is 0 Å². The molecule has 0 spiro atoms. The van der Waals surface area contributed by atoms with Gasteiger partial charge in [0.25, 0.3) is 0 Å². The molecule has 4 aromatic carbocycles. The third kappa shape index (κ3) is 2.48. The van der Waals surface area contributed by atoms with E-state index in [1.807, 2.05) is 60.7 Å². The van der Waals surface area contributed by atoms with Crippen LogP contribution >= 0.6 is 0 Å². The number of hydrogen-bond donors (Lipinski definition) is 2. The zero-order valence-electron chi connectivity index (χ0n) is 17.3. The van der Waals surface area contributed by atoms with Gasteiger partial charge in [0.2, 0.25) is 0 Å². The minimum absolute atomic E-state index is 0.0405. The van der Waals surface area contributed by atoms with Crippen LogP contribution in [0.1, 0.15) is 22.3 Å². The Morgan fingerprint density at radius 1 is 0.516 bits per heavy atom. The topological polar surface area (TPSA) is 58.9 Å². The van der Waals surface area contributed by atoms with Crippen molar-refractivity contribution >= 4 is 0 Å². The Kier molecular flexibility index (Phi) is 4.36. The number of methoxy groups -OCH3 is 2. The van der Waals surface area contributed by atoms with E-state index in [0.717, 1.165) is 22.3 Å². The molecule has 0 radical (unpaired) electrons. The molecule has 4 aromatic rings. The Labute approximate surface area is 181 Å². The van der Waals surface area contributed by atoms with E-state index in [9.17, 15) is 10.2 Å². The highest BCUT2D eigenvalue weighted by molar-refractivity contribution is 5.88. The molecular formula is C27H22O4. The summed E-state index contributed by atoms with van der Waals surface area (Å²) in [6, 6.07) is 27.1. The number of fused-ring (bicyclic) bond motifs is 3. The average molecular weight is 410 g/mol. The predicted molar refractivity (Wildman–Crippen MR) is 120 cm³/mol. The molecule has 5 rings (SSSR count). The molecule has 0 aromatic heterocycles. The SMILES string of the molecule is COc1cccc(C2(c3cccc(OC)c3O)c3ccccc3-c3ccccc32)c1O. The highest BCUT2D eigenvalue weighted by Gasteiger charge is 2.49. The Balaban J connectivity index is 2.01. The third-order valence-electron chi connectivity index (χ3n) is 6.20. The van der Waals surface area contributed by atoms with E-state index in [-0.39, 0.29) is 11.5 Å². The molecule has 0 bridgehead atoms. The summed E-state index contributed by atoms with van der Waals surface area (Å²) in [5, 5.41) is 22.6. The summed E-state index contributed by atoms with van der Waals surface area (Å²) >= 11 is 0. The number of hydrogen-bond acceptors (Lipinski definition) is 4. The first-order chi connectivity index (χ1) is 15.1. The highest BCUT2D eigenvalue weighted by atomic mass is 16.5. The van der Waals surface area contributed by atoms with E-state index in [2.05, 4.69) is 12.1 Å². The molecule has 0 unspecified atom stereocenters. The molecule has 0 saturated heterocycles. The summed E-state index contributed by atoms with van der Waals surface area (Å²) in [6.07, 6.45) is 0. The number of phenols is 2. The largest absolute Gasteiger partial charge is 0.504 e. The molecule has 0 amide bonds. The third-order valence-corrected chi connectivity index (χ3v) is 6.20. The van der Waals surface area contributed by atoms with Crippen LogP contribution < -0.4 is 9.47 Å². The lowest BCUT2D eigenvalue weighted by atomic mass is 9.67. The normalized spacial score (nSPS) is 13.4. The van der Waals surface area contributed by atoms with Gasteiger partial charge in [-0.05, 0) is 34.4 Å². The van der Waals surface area contributed by atoms with Crippen LogP contribution in [-0.2, 0) is 5.41 Å². The molecule has 31 heavy (non-hydrogen) atoms. The van der Waals surface area contributed by atoms with Gasteiger partial charge in [0.15, 0.2) is 23.0 Å². The van der Waals surface area contributed by atoms with E-state index in [4.69, 9.17) is 9.47 Å². The monoisotopic (exact) mass is 410 g/mol. The van der Waals surface area contributed by atoms with E-state index in [1.165, 1.54) is 14.2 Å². The Morgan fingerprint density at radius 3 is 1.32 bits per heavy atom. The van der Waals surface area contributed by atoms with Crippen molar-refractivity contribution in [3.63, 3.8) is 0 Å². The second-order valence-corrected chi connectivity index (χ2v) is 7.55. The molecule has 154 valence electrons. The van der Waals surface area contributed by atoms with Gasteiger partial charge in [-0.25, -0.2) is 0 Å². The fraction of sp³-hybridized carbons (Fsp3) is 0.111. The van der Waals surface area contributed by atoms with E-state index in [0.29, 0.717) is 22.6 Å².